The van der Waals surface area contributed by atoms with Gasteiger partial charge in [-0.2, -0.15) is 5.26 Å². The molecule has 0 aliphatic rings. The van der Waals surface area contributed by atoms with E-state index in [-0.39, 0.29) is 0 Å². The van der Waals surface area contributed by atoms with Crippen LogP contribution in [-0.2, 0) is 13.1 Å². The maximum atomic E-state index is 8.95. The van der Waals surface area contributed by atoms with Crippen LogP contribution in [0.2, 0.25) is 0 Å². The topological polar surface area (TPSA) is 45.0 Å². The van der Waals surface area contributed by atoms with Crippen LogP contribution in [0.25, 0.3) is 0 Å². The molecule has 1 N–H and O–H groups in total. The third-order valence-corrected chi connectivity index (χ3v) is 3.77. The van der Waals surface area contributed by atoms with Gasteiger partial charge in [0, 0.05) is 23.1 Å². The molecule has 102 valence electrons. The molecular formula is C16H15BrN2O. The van der Waals surface area contributed by atoms with Gasteiger partial charge in [-0.15, -0.1) is 0 Å². The molecule has 4 heteroatoms. The molecule has 0 saturated carbocycles. The third-order valence-electron chi connectivity index (χ3n) is 3.00. The molecule has 0 aliphatic heterocycles. The maximum absolute atomic E-state index is 8.95. The maximum Gasteiger partial charge on any atom is 0.123 e. The number of hydrogen-bond acceptors (Lipinski definition) is 3. The number of rotatable bonds is 5. The molecule has 0 aliphatic carbocycles. The van der Waals surface area contributed by atoms with Gasteiger partial charge in [0.05, 0.1) is 18.7 Å². The van der Waals surface area contributed by atoms with Crippen molar-refractivity contribution >= 4 is 15.9 Å². The Balaban J connectivity index is 2.04. The third kappa shape index (κ3) is 3.60. The molecule has 0 fully saturated rings. The van der Waals surface area contributed by atoms with Crippen molar-refractivity contribution in [3.63, 3.8) is 0 Å². The van der Waals surface area contributed by atoms with Crippen molar-refractivity contribution in [2.24, 2.45) is 0 Å². The Hall–Kier alpha value is -1.83. The summed E-state index contributed by atoms with van der Waals surface area (Å²) in [7, 11) is 1.64. The Bertz CT molecular complexity index is 635. The van der Waals surface area contributed by atoms with Crippen LogP contribution in [0.5, 0.6) is 5.75 Å². The smallest absolute Gasteiger partial charge is 0.123 e. The quantitative estimate of drug-likeness (QED) is 0.910. The molecule has 20 heavy (non-hydrogen) atoms. The van der Waals surface area contributed by atoms with E-state index in [0.717, 1.165) is 22.3 Å². The summed E-state index contributed by atoms with van der Waals surface area (Å²) in [5.74, 6) is 0.795. The lowest BCUT2D eigenvalue weighted by molar-refractivity contribution is 0.407. The Morgan fingerprint density at radius 1 is 1.15 bits per heavy atom. The molecule has 0 radical (unpaired) electrons. The van der Waals surface area contributed by atoms with Crippen LogP contribution in [0.4, 0.5) is 0 Å². The number of nitriles is 1. The van der Waals surface area contributed by atoms with Gasteiger partial charge < -0.3 is 10.1 Å². The van der Waals surface area contributed by atoms with Gasteiger partial charge in [-0.25, -0.2) is 0 Å². The molecule has 0 heterocycles. The number of methoxy groups -OCH3 is 1. The van der Waals surface area contributed by atoms with E-state index >= 15 is 0 Å². The highest BCUT2D eigenvalue weighted by Crippen LogP contribution is 2.20. The zero-order valence-corrected chi connectivity index (χ0v) is 12.8. The molecule has 0 atom stereocenters. The Morgan fingerprint density at radius 2 is 1.90 bits per heavy atom. The van der Waals surface area contributed by atoms with Crippen molar-refractivity contribution in [1.82, 2.24) is 5.32 Å². The highest BCUT2D eigenvalue weighted by Gasteiger charge is 2.05. The first-order valence-electron chi connectivity index (χ1n) is 6.25. The molecular weight excluding hydrogens is 316 g/mol. The molecule has 2 aromatic rings. The molecule has 2 aromatic carbocycles. The second kappa shape index (κ2) is 7.09. The minimum atomic E-state index is 0.642. The summed E-state index contributed by atoms with van der Waals surface area (Å²) in [6.45, 7) is 1.40. The summed E-state index contributed by atoms with van der Waals surface area (Å²) in [6, 6.07) is 15.7. The van der Waals surface area contributed by atoms with Gasteiger partial charge >= 0.3 is 0 Å². The zero-order valence-electron chi connectivity index (χ0n) is 11.2. The van der Waals surface area contributed by atoms with Gasteiger partial charge in [-0.1, -0.05) is 34.1 Å². The minimum Gasteiger partial charge on any atom is -0.496 e. The van der Waals surface area contributed by atoms with E-state index in [2.05, 4.69) is 33.4 Å². The van der Waals surface area contributed by atoms with Gasteiger partial charge in [0.1, 0.15) is 5.75 Å². The van der Waals surface area contributed by atoms with E-state index in [1.54, 1.807) is 13.2 Å². The summed E-state index contributed by atoms with van der Waals surface area (Å²) in [6.07, 6.45) is 0. The number of nitrogens with one attached hydrogen (secondary N) is 1. The van der Waals surface area contributed by atoms with Crippen LogP contribution in [0.15, 0.2) is 46.9 Å². The predicted octanol–water partition coefficient (Wildman–Crippen LogP) is 3.62. The van der Waals surface area contributed by atoms with Gasteiger partial charge in [0.2, 0.25) is 0 Å². The van der Waals surface area contributed by atoms with Crippen LogP contribution >= 0.6 is 15.9 Å². The predicted molar refractivity (Wildman–Crippen MR) is 82.4 cm³/mol. The highest BCUT2D eigenvalue weighted by molar-refractivity contribution is 9.10. The standard InChI is InChI=1S/C16H15BrN2O/c1-20-16-7-6-12(9-18)8-14(16)11-19-10-13-4-2-3-5-15(13)17/h2-8,19H,10-11H2,1H3. The summed E-state index contributed by atoms with van der Waals surface area (Å²) >= 11 is 3.53. The second-order valence-electron chi connectivity index (χ2n) is 4.33. The normalized spacial score (nSPS) is 10.1. The molecule has 0 bridgehead atoms. The fourth-order valence-electron chi connectivity index (χ4n) is 1.96. The van der Waals surface area contributed by atoms with Crippen LogP contribution in [-0.4, -0.2) is 7.11 Å². The van der Waals surface area contributed by atoms with Crippen molar-refractivity contribution in [2.45, 2.75) is 13.1 Å². The van der Waals surface area contributed by atoms with E-state index in [1.165, 1.54) is 5.56 Å². The van der Waals surface area contributed by atoms with E-state index in [9.17, 15) is 0 Å². The van der Waals surface area contributed by atoms with E-state index in [0.29, 0.717) is 12.1 Å². The number of ether oxygens (including phenoxy) is 1. The second-order valence-corrected chi connectivity index (χ2v) is 5.19. The van der Waals surface area contributed by atoms with Gasteiger partial charge in [0.25, 0.3) is 0 Å². The minimum absolute atomic E-state index is 0.642. The number of halogens is 1. The van der Waals surface area contributed by atoms with Crippen LogP contribution in [0, 0.1) is 11.3 Å². The zero-order chi connectivity index (χ0) is 14.4. The average Bonchev–Trinajstić information content (AvgIpc) is 2.49. The monoisotopic (exact) mass is 330 g/mol. The number of hydrogen-bond donors (Lipinski definition) is 1. The summed E-state index contributed by atoms with van der Waals surface area (Å²) in [5.41, 5.74) is 2.82. The Kier molecular flexibility index (Phi) is 5.16. The molecule has 2 rings (SSSR count). The SMILES string of the molecule is COc1ccc(C#N)cc1CNCc1ccccc1Br. The number of benzene rings is 2. The largest absolute Gasteiger partial charge is 0.496 e. The van der Waals surface area contributed by atoms with E-state index < -0.39 is 0 Å². The fourth-order valence-corrected chi connectivity index (χ4v) is 2.38. The van der Waals surface area contributed by atoms with Gasteiger partial charge in [0.15, 0.2) is 0 Å². The van der Waals surface area contributed by atoms with Crippen molar-refractivity contribution in [2.75, 3.05) is 7.11 Å². The molecule has 0 saturated heterocycles. The lowest BCUT2D eigenvalue weighted by Crippen LogP contribution is -2.13. The lowest BCUT2D eigenvalue weighted by Gasteiger charge is -2.11. The molecule has 0 unspecified atom stereocenters. The van der Waals surface area contributed by atoms with Crippen molar-refractivity contribution < 1.29 is 4.74 Å². The Morgan fingerprint density at radius 3 is 2.60 bits per heavy atom. The molecule has 0 amide bonds. The first-order chi connectivity index (χ1) is 9.74. The summed E-state index contributed by atoms with van der Waals surface area (Å²) in [4.78, 5) is 0. The molecule has 0 aromatic heterocycles. The van der Waals surface area contributed by atoms with Gasteiger partial charge in [-0.3, -0.25) is 0 Å². The number of nitrogens with zero attached hydrogens (tertiary/aromatic N) is 1. The van der Waals surface area contributed by atoms with E-state index in [1.807, 2.05) is 30.3 Å². The van der Waals surface area contributed by atoms with Crippen LogP contribution in [0.1, 0.15) is 16.7 Å². The Labute approximate surface area is 127 Å². The summed E-state index contributed by atoms with van der Waals surface area (Å²) < 4.78 is 6.40. The van der Waals surface area contributed by atoms with Crippen LogP contribution < -0.4 is 10.1 Å². The molecule has 0 spiro atoms. The van der Waals surface area contributed by atoms with Gasteiger partial charge in [-0.05, 0) is 29.8 Å². The van der Waals surface area contributed by atoms with E-state index in [4.69, 9.17) is 10.00 Å². The molecule has 3 nitrogen and oxygen atoms in total. The summed E-state index contributed by atoms with van der Waals surface area (Å²) in [5, 5.41) is 12.3. The highest BCUT2D eigenvalue weighted by atomic mass is 79.9. The lowest BCUT2D eigenvalue weighted by atomic mass is 10.1. The first-order valence-corrected chi connectivity index (χ1v) is 7.05. The van der Waals surface area contributed by atoms with Crippen molar-refractivity contribution in [3.05, 3.63) is 63.6 Å². The van der Waals surface area contributed by atoms with Crippen LogP contribution in [0.3, 0.4) is 0 Å². The fraction of sp³-hybridized carbons (Fsp3) is 0.188. The average molecular weight is 331 g/mol. The van der Waals surface area contributed by atoms with Crippen molar-refractivity contribution in [1.29, 1.82) is 5.26 Å². The van der Waals surface area contributed by atoms with Crippen molar-refractivity contribution in [3.8, 4) is 11.8 Å². The first kappa shape index (κ1) is 14.6.